The maximum Gasteiger partial charge on any atom is 0.251 e. The molecular weight excluding hydrogens is 250 g/mol. The molecule has 1 aliphatic carbocycles. The number of piperazine rings is 1. The highest BCUT2D eigenvalue weighted by atomic mass is 16.1. The minimum absolute atomic E-state index is 0.0804. The summed E-state index contributed by atoms with van der Waals surface area (Å²) >= 11 is 0. The minimum atomic E-state index is 0.0804. The second kappa shape index (κ2) is 6.37. The van der Waals surface area contributed by atoms with Crippen LogP contribution < -0.4 is 10.6 Å². The Hall–Kier alpha value is -1.39. The lowest BCUT2D eigenvalue weighted by atomic mass is 9.93. The molecule has 4 nitrogen and oxygen atoms in total. The van der Waals surface area contributed by atoms with Crippen LogP contribution in [0.3, 0.4) is 0 Å². The van der Waals surface area contributed by atoms with Crippen molar-refractivity contribution < 1.29 is 4.79 Å². The highest BCUT2D eigenvalue weighted by molar-refractivity contribution is 5.94. The first-order valence-electron chi connectivity index (χ1n) is 7.64. The highest BCUT2D eigenvalue weighted by Crippen LogP contribution is 2.19. The van der Waals surface area contributed by atoms with Crippen LogP contribution in [0.15, 0.2) is 24.3 Å². The lowest BCUT2D eigenvalue weighted by Gasteiger charge is -2.28. The third-order valence-electron chi connectivity index (χ3n) is 4.25. The van der Waals surface area contributed by atoms with E-state index < -0.39 is 0 Å². The van der Waals surface area contributed by atoms with Crippen molar-refractivity contribution in [2.24, 2.45) is 0 Å². The summed E-state index contributed by atoms with van der Waals surface area (Å²) in [6.07, 6.45) is 3.51. The highest BCUT2D eigenvalue weighted by Gasteiger charge is 2.20. The Kier molecular flexibility index (Phi) is 4.33. The molecule has 0 bridgehead atoms. The molecule has 0 atom stereocenters. The minimum Gasteiger partial charge on any atom is -0.349 e. The fourth-order valence-electron chi connectivity index (χ4n) is 2.76. The zero-order chi connectivity index (χ0) is 13.8. The standard InChI is InChI=1S/C16H23N3O/c20-16(18-15-5-2-6-15)14-4-1-3-13(11-14)12-19-9-7-17-8-10-19/h1,3-4,11,15,17H,2,5-10,12H2,(H,18,20). The van der Waals surface area contributed by atoms with Crippen LogP contribution in [0.4, 0.5) is 0 Å². The molecule has 2 fully saturated rings. The average Bonchev–Trinajstić information content (AvgIpc) is 2.44. The Bertz CT molecular complexity index is 465. The molecule has 1 heterocycles. The smallest absolute Gasteiger partial charge is 0.251 e. The average molecular weight is 273 g/mol. The number of nitrogens with zero attached hydrogens (tertiary/aromatic N) is 1. The van der Waals surface area contributed by atoms with Gasteiger partial charge in [-0.2, -0.15) is 0 Å². The molecule has 0 radical (unpaired) electrons. The van der Waals surface area contributed by atoms with E-state index in [0.29, 0.717) is 6.04 Å². The first-order chi connectivity index (χ1) is 9.81. The summed E-state index contributed by atoms with van der Waals surface area (Å²) in [6.45, 7) is 5.22. The molecule has 0 unspecified atom stereocenters. The Labute approximate surface area is 120 Å². The fraction of sp³-hybridized carbons (Fsp3) is 0.562. The van der Waals surface area contributed by atoms with Gasteiger partial charge in [-0.1, -0.05) is 12.1 Å². The molecule has 2 aliphatic rings. The molecule has 4 heteroatoms. The van der Waals surface area contributed by atoms with Gasteiger partial charge in [0.1, 0.15) is 0 Å². The molecule has 3 rings (SSSR count). The van der Waals surface area contributed by atoms with Gasteiger partial charge in [0, 0.05) is 44.3 Å². The second-order valence-corrected chi connectivity index (χ2v) is 5.83. The van der Waals surface area contributed by atoms with Crippen LogP contribution in [0.1, 0.15) is 35.2 Å². The number of benzene rings is 1. The zero-order valence-electron chi connectivity index (χ0n) is 11.9. The van der Waals surface area contributed by atoms with E-state index in [-0.39, 0.29) is 5.91 Å². The second-order valence-electron chi connectivity index (χ2n) is 5.83. The van der Waals surface area contributed by atoms with Crippen LogP contribution in [0.25, 0.3) is 0 Å². The molecule has 1 saturated heterocycles. The fourth-order valence-corrected chi connectivity index (χ4v) is 2.76. The molecule has 1 amide bonds. The lowest BCUT2D eigenvalue weighted by molar-refractivity contribution is 0.0916. The van der Waals surface area contributed by atoms with Gasteiger partial charge < -0.3 is 10.6 Å². The molecule has 108 valence electrons. The van der Waals surface area contributed by atoms with Crippen LogP contribution in [0.2, 0.25) is 0 Å². The van der Waals surface area contributed by atoms with E-state index in [1.807, 2.05) is 18.2 Å². The molecule has 0 aromatic heterocycles. The molecule has 2 N–H and O–H groups in total. The first-order valence-corrected chi connectivity index (χ1v) is 7.64. The lowest BCUT2D eigenvalue weighted by Crippen LogP contribution is -2.43. The first kappa shape index (κ1) is 13.6. The molecule has 1 aliphatic heterocycles. The van der Waals surface area contributed by atoms with E-state index in [1.54, 1.807) is 0 Å². The van der Waals surface area contributed by atoms with Crippen LogP contribution >= 0.6 is 0 Å². The van der Waals surface area contributed by atoms with Crippen molar-refractivity contribution in [1.82, 2.24) is 15.5 Å². The van der Waals surface area contributed by atoms with E-state index in [2.05, 4.69) is 21.6 Å². The molecule has 1 saturated carbocycles. The van der Waals surface area contributed by atoms with Crippen LogP contribution in [0, 0.1) is 0 Å². The number of nitrogens with one attached hydrogen (secondary N) is 2. The number of carbonyl (C=O) groups excluding carboxylic acids is 1. The summed E-state index contributed by atoms with van der Waals surface area (Å²) in [5, 5.41) is 6.46. The van der Waals surface area contributed by atoms with Crippen molar-refractivity contribution in [2.45, 2.75) is 31.8 Å². The Morgan fingerprint density at radius 2 is 2.10 bits per heavy atom. The van der Waals surface area contributed by atoms with Crippen molar-refractivity contribution in [3.8, 4) is 0 Å². The van der Waals surface area contributed by atoms with Gasteiger partial charge in [0.05, 0.1) is 0 Å². The Morgan fingerprint density at radius 3 is 2.80 bits per heavy atom. The van der Waals surface area contributed by atoms with Crippen molar-refractivity contribution in [1.29, 1.82) is 0 Å². The van der Waals surface area contributed by atoms with Crippen LogP contribution in [0.5, 0.6) is 0 Å². The van der Waals surface area contributed by atoms with Gasteiger partial charge in [-0.25, -0.2) is 0 Å². The largest absolute Gasteiger partial charge is 0.349 e. The monoisotopic (exact) mass is 273 g/mol. The third-order valence-corrected chi connectivity index (χ3v) is 4.25. The van der Waals surface area contributed by atoms with Crippen molar-refractivity contribution in [3.63, 3.8) is 0 Å². The van der Waals surface area contributed by atoms with Crippen molar-refractivity contribution >= 4 is 5.91 Å². The quantitative estimate of drug-likeness (QED) is 0.871. The van der Waals surface area contributed by atoms with Gasteiger partial charge in [0.15, 0.2) is 0 Å². The van der Waals surface area contributed by atoms with Crippen LogP contribution in [-0.4, -0.2) is 43.0 Å². The summed E-state index contributed by atoms with van der Waals surface area (Å²) in [5.74, 6) is 0.0804. The van der Waals surface area contributed by atoms with E-state index in [0.717, 1.165) is 51.1 Å². The summed E-state index contributed by atoms with van der Waals surface area (Å²) in [5.41, 5.74) is 2.03. The van der Waals surface area contributed by atoms with Gasteiger partial charge in [0.25, 0.3) is 5.91 Å². The summed E-state index contributed by atoms with van der Waals surface area (Å²) in [6, 6.07) is 8.46. The third kappa shape index (κ3) is 3.38. The molecule has 1 aromatic rings. The van der Waals surface area contributed by atoms with Gasteiger partial charge >= 0.3 is 0 Å². The number of hydrogen-bond donors (Lipinski definition) is 2. The summed E-state index contributed by atoms with van der Waals surface area (Å²) < 4.78 is 0. The van der Waals surface area contributed by atoms with Gasteiger partial charge in [0.2, 0.25) is 0 Å². The predicted octanol–water partition coefficient (Wildman–Crippen LogP) is 1.37. The number of carbonyl (C=O) groups is 1. The van der Waals surface area contributed by atoms with E-state index in [4.69, 9.17) is 0 Å². The Morgan fingerprint density at radius 1 is 1.30 bits per heavy atom. The SMILES string of the molecule is O=C(NC1CCC1)c1cccc(CN2CCNCC2)c1. The van der Waals surface area contributed by atoms with E-state index in [1.165, 1.54) is 12.0 Å². The molecule has 1 aromatic carbocycles. The van der Waals surface area contributed by atoms with Gasteiger partial charge in [-0.05, 0) is 37.0 Å². The summed E-state index contributed by atoms with van der Waals surface area (Å²) in [4.78, 5) is 14.6. The van der Waals surface area contributed by atoms with E-state index in [9.17, 15) is 4.79 Å². The molecule has 20 heavy (non-hydrogen) atoms. The maximum atomic E-state index is 12.2. The zero-order valence-corrected chi connectivity index (χ0v) is 11.9. The van der Waals surface area contributed by atoms with Gasteiger partial charge in [-0.15, -0.1) is 0 Å². The van der Waals surface area contributed by atoms with E-state index >= 15 is 0 Å². The topological polar surface area (TPSA) is 44.4 Å². The molecule has 0 spiro atoms. The van der Waals surface area contributed by atoms with Crippen molar-refractivity contribution in [3.05, 3.63) is 35.4 Å². The predicted molar refractivity (Wildman–Crippen MR) is 79.7 cm³/mol. The number of hydrogen-bond acceptors (Lipinski definition) is 3. The molecular formula is C16H23N3O. The van der Waals surface area contributed by atoms with Gasteiger partial charge in [-0.3, -0.25) is 9.69 Å². The van der Waals surface area contributed by atoms with Crippen LogP contribution in [-0.2, 0) is 6.54 Å². The Balaban J connectivity index is 1.60. The van der Waals surface area contributed by atoms with Crippen molar-refractivity contribution in [2.75, 3.05) is 26.2 Å². The normalized spacial score (nSPS) is 20.4. The maximum absolute atomic E-state index is 12.2. The number of rotatable bonds is 4. The number of amides is 1. The summed E-state index contributed by atoms with van der Waals surface area (Å²) in [7, 11) is 0.